The van der Waals surface area contributed by atoms with E-state index in [2.05, 4.69) is 26.0 Å². The van der Waals surface area contributed by atoms with Gasteiger partial charge in [-0.15, -0.1) is 0 Å². The highest BCUT2D eigenvalue weighted by Crippen LogP contribution is 2.57. The molecule has 1 aromatic carbocycles. The maximum Gasteiger partial charge on any atom is 0.238 e. The van der Waals surface area contributed by atoms with Crippen molar-refractivity contribution in [3.63, 3.8) is 0 Å². The maximum atomic E-state index is 12.9. The van der Waals surface area contributed by atoms with Crippen molar-refractivity contribution < 1.29 is 9.59 Å². The number of halogens is 2. The fourth-order valence-electron chi connectivity index (χ4n) is 4.31. The summed E-state index contributed by atoms with van der Waals surface area (Å²) in [5.74, 6) is -0.713. The van der Waals surface area contributed by atoms with Gasteiger partial charge in [0, 0.05) is 11.8 Å². The van der Waals surface area contributed by atoms with E-state index in [0.717, 1.165) is 0 Å². The Balaban J connectivity index is 1.77. The van der Waals surface area contributed by atoms with Crippen LogP contribution in [0.15, 0.2) is 41.5 Å². The number of anilines is 1. The van der Waals surface area contributed by atoms with E-state index in [0.29, 0.717) is 15.7 Å². The van der Waals surface area contributed by atoms with Crippen molar-refractivity contribution >= 4 is 40.7 Å². The fraction of sp³-hybridized carbons (Fsp3) is 0.333. The van der Waals surface area contributed by atoms with Crippen LogP contribution in [0.1, 0.15) is 13.8 Å². The predicted octanol–water partition coefficient (Wildman–Crippen LogP) is 4.25. The van der Waals surface area contributed by atoms with E-state index in [1.54, 1.807) is 18.2 Å². The molecule has 0 spiro atoms. The number of fused-ring (bicyclic) bond motifs is 5. The molecule has 0 N–H and O–H groups in total. The van der Waals surface area contributed by atoms with Crippen LogP contribution < -0.4 is 4.90 Å². The Kier molecular flexibility index (Phi) is 3.23. The molecule has 118 valence electrons. The summed E-state index contributed by atoms with van der Waals surface area (Å²) in [6, 6.07) is 4.86. The fourth-order valence-corrected chi connectivity index (χ4v) is 4.60. The molecule has 4 atom stereocenters. The van der Waals surface area contributed by atoms with Crippen molar-refractivity contribution in [2.24, 2.45) is 23.7 Å². The highest BCUT2D eigenvalue weighted by molar-refractivity contribution is 6.42. The zero-order valence-electron chi connectivity index (χ0n) is 12.7. The molecule has 1 saturated heterocycles. The molecular weight excluding hydrogens is 333 g/mol. The molecule has 2 amide bonds. The maximum absolute atomic E-state index is 12.9. The zero-order chi connectivity index (χ0) is 16.5. The number of carbonyl (C=O) groups excluding carboxylic acids is 2. The summed E-state index contributed by atoms with van der Waals surface area (Å²) in [6.07, 6.45) is 4.16. The first-order valence-corrected chi connectivity index (χ1v) is 8.36. The quantitative estimate of drug-likeness (QED) is 0.562. The van der Waals surface area contributed by atoms with E-state index in [-0.39, 0.29) is 35.5 Å². The second-order valence-electron chi connectivity index (χ2n) is 6.55. The van der Waals surface area contributed by atoms with Gasteiger partial charge in [-0.2, -0.15) is 0 Å². The topological polar surface area (TPSA) is 37.4 Å². The number of carbonyl (C=O) groups is 2. The smallest absolute Gasteiger partial charge is 0.238 e. The van der Waals surface area contributed by atoms with Crippen LogP contribution in [0.3, 0.4) is 0 Å². The van der Waals surface area contributed by atoms with Gasteiger partial charge in [0.2, 0.25) is 11.8 Å². The van der Waals surface area contributed by atoms with Gasteiger partial charge >= 0.3 is 0 Å². The van der Waals surface area contributed by atoms with Crippen molar-refractivity contribution in [1.29, 1.82) is 0 Å². The number of hydrogen-bond acceptors (Lipinski definition) is 2. The van der Waals surface area contributed by atoms with Crippen LogP contribution in [0.2, 0.25) is 10.0 Å². The zero-order valence-corrected chi connectivity index (χ0v) is 14.2. The van der Waals surface area contributed by atoms with Crippen LogP contribution in [0.25, 0.3) is 0 Å². The largest absolute Gasteiger partial charge is 0.274 e. The third-order valence-electron chi connectivity index (χ3n) is 5.15. The van der Waals surface area contributed by atoms with Crippen molar-refractivity contribution in [3.05, 3.63) is 51.5 Å². The SMILES string of the molecule is CC(C)=C1[C@@H]2C=C[C@@H]1[C@H]1C(=O)N(c3ccc(Cl)c(Cl)c3)C(=O)[C@H]12. The van der Waals surface area contributed by atoms with Crippen LogP contribution in [0.4, 0.5) is 5.69 Å². The van der Waals surface area contributed by atoms with Gasteiger partial charge in [-0.05, 0) is 32.0 Å². The minimum atomic E-state index is -0.281. The molecule has 23 heavy (non-hydrogen) atoms. The lowest BCUT2D eigenvalue weighted by Crippen LogP contribution is -2.33. The van der Waals surface area contributed by atoms with E-state index in [1.807, 2.05) is 0 Å². The van der Waals surface area contributed by atoms with Crippen molar-refractivity contribution in [2.45, 2.75) is 13.8 Å². The van der Waals surface area contributed by atoms with Gasteiger partial charge in [-0.25, -0.2) is 4.90 Å². The second-order valence-corrected chi connectivity index (χ2v) is 7.37. The third kappa shape index (κ3) is 1.90. The normalized spacial score (nSPS) is 31.3. The van der Waals surface area contributed by atoms with Crippen LogP contribution in [0, 0.1) is 23.7 Å². The lowest BCUT2D eigenvalue weighted by Gasteiger charge is -2.19. The van der Waals surface area contributed by atoms with E-state index >= 15 is 0 Å². The lowest BCUT2D eigenvalue weighted by atomic mass is 9.85. The molecule has 1 heterocycles. The number of benzene rings is 1. The number of imide groups is 1. The Morgan fingerprint density at radius 1 is 0.957 bits per heavy atom. The Morgan fingerprint density at radius 3 is 2.00 bits per heavy atom. The first-order chi connectivity index (χ1) is 10.9. The Bertz CT molecular complexity index is 773. The summed E-state index contributed by atoms with van der Waals surface area (Å²) in [5, 5.41) is 0.746. The van der Waals surface area contributed by atoms with Crippen LogP contribution >= 0.6 is 23.2 Å². The van der Waals surface area contributed by atoms with Crippen molar-refractivity contribution in [3.8, 4) is 0 Å². The molecule has 1 saturated carbocycles. The lowest BCUT2D eigenvalue weighted by molar-refractivity contribution is -0.122. The molecule has 3 nitrogen and oxygen atoms in total. The Hall–Kier alpha value is -1.58. The summed E-state index contributed by atoms with van der Waals surface area (Å²) < 4.78 is 0. The molecule has 2 bridgehead atoms. The van der Waals surface area contributed by atoms with E-state index in [1.165, 1.54) is 16.0 Å². The average Bonchev–Trinajstić information content (AvgIpc) is 3.13. The molecule has 1 aliphatic heterocycles. The van der Waals surface area contributed by atoms with Crippen LogP contribution in [-0.2, 0) is 9.59 Å². The second kappa shape index (κ2) is 4.96. The number of amides is 2. The molecule has 1 aromatic rings. The minimum Gasteiger partial charge on any atom is -0.274 e. The van der Waals surface area contributed by atoms with Gasteiger partial charge in [-0.3, -0.25) is 9.59 Å². The number of rotatable bonds is 1. The molecule has 4 rings (SSSR count). The highest BCUT2D eigenvalue weighted by Gasteiger charge is 2.61. The standard InChI is InChI=1S/C18H15Cl2NO2/c1-8(2)14-10-4-5-11(14)16-15(10)17(22)21(18(16)23)9-3-6-12(19)13(20)7-9/h3-7,10-11,15-16H,1-2H3/t10-,11-,15-,16+/m0/s1. The summed E-state index contributed by atoms with van der Waals surface area (Å²) in [7, 11) is 0. The Morgan fingerprint density at radius 2 is 1.52 bits per heavy atom. The van der Waals surface area contributed by atoms with E-state index in [4.69, 9.17) is 23.2 Å². The monoisotopic (exact) mass is 347 g/mol. The Labute approximate surface area is 144 Å². The number of hydrogen-bond donors (Lipinski definition) is 0. The van der Waals surface area contributed by atoms with Crippen molar-refractivity contribution in [2.75, 3.05) is 4.90 Å². The first-order valence-electron chi connectivity index (χ1n) is 7.60. The summed E-state index contributed by atoms with van der Waals surface area (Å²) in [6.45, 7) is 4.10. The number of nitrogens with zero attached hydrogens (tertiary/aromatic N) is 1. The van der Waals surface area contributed by atoms with Gasteiger partial charge < -0.3 is 0 Å². The highest BCUT2D eigenvalue weighted by atomic mass is 35.5. The van der Waals surface area contributed by atoms with E-state index < -0.39 is 0 Å². The summed E-state index contributed by atoms with van der Waals surface area (Å²) in [4.78, 5) is 27.1. The average molecular weight is 348 g/mol. The molecule has 2 fully saturated rings. The van der Waals surface area contributed by atoms with Gasteiger partial charge in [-0.1, -0.05) is 46.5 Å². The molecule has 0 aromatic heterocycles. The summed E-state index contributed by atoms with van der Waals surface area (Å²) in [5.41, 5.74) is 2.96. The molecule has 3 aliphatic rings. The third-order valence-corrected chi connectivity index (χ3v) is 5.89. The van der Waals surface area contributed by atoms with Crippen LogP contribution in [0.5, 0.6) is 0 Å². The van der Waals surface area contributed by atoms with Gasteiger partial charge in [0.15, 0.2) is 0 Å². The van der Waals surface area contributed by atoms with Gasteiger partial charge in [0.1, 0.15) is 0 Å². The first kappa shape index (κ1) is 15.0. The van der Waals surface area contributed by atoms with Crippen LogP contribution in [-0.4, -0.2) is 11.8 Å². The van der Waals surface area contributed by atoms with Crippen molar-refractivity contribution in [1.82, 2.24) is 0 Å². The van der Waals surface area contributed by atoms with E-state index in [9.17, 15) is 9.59 Å². The molecule has 5 heteroatoms. The minimum absolute atomic E-state index is 0.0548. The molecule has 0 radical (unpaired) electrons. The van der Waals surface area contributed by atoms with Gasteiger partial charge in [0.05, 0.1) is 27.6 Å². The molecular formula is C18H15Cl2NO2. The predicted molar refractivity (Wildman–Crippen MR) is 90.4 cm³/mol. The summed E-state index contributed by atoms with van der Waals surface area (Å²) >= 11 is 12.0. The van der Waals surface area contributed by atoms with Gasteiger partial charge in [0.25, 0.3) is 0 Å². The molecule has 0 unspecified atom stereocenters. The molecule has 2 aliphatic carbocycles. The number of allylic oxidation sites excluding steroid dienone is 4.